The van der Waals surface area contributed by atoms with Gasteiger partial charge in [-0.2, -0.15) is 0 Å². The van der Waals surface area contributed by atoms with Gasteiger partial charge in [0.25, 0.3) is 5.56 Å². The van der Waals surface area contributed by atoms with Gasteiger partial charge in [0.05, 0.1) is 25.5 Å². The molecule has 1 unspecified atom stereocenters. The van der Waals surface area contributed by atoms with Crippen molar-refractivity contribution in [2.24, 2.45) is 0 Å². The fourth-order valence-electron chi connectivity index (χ4n) is 3.70. The molecule has 2 aromatic heterocycles. The summed E-state index contributed by atoms with van der Waals surface area (Å²) in [6, 6.07) is 23.4. The van der Waals surface area contributed by atoms with Crippen LogP contribution < -0.4 is 15.0 Å². The molecule has 1 N–H and O–H groups in total. The molecule has 33 heavy (non-hydrogen) atoms. The predicted octanol–water partition coefficient (Wildman–Crippen LogP) is 4.73. The fourth-order valence-corrected chi connectivity index (χ4v) is 4.77. The Morgan fingerprint density at radius 2 is 1.76 bits per heavy atom. The van der Waals surface area contributed by atoms with Gasteiger partial charge in [-0.05, 0) is 58.8 Å². The Kier molecular flexibility index (Phi) is 5.81. The van der Waals surface area contributed by atoms with Crippen molar-refractivity contribution in [2.45, 2.75) is 12.6 Å². The third-order valence-corrected chi connectivity index (χ3v) is 6.61. The average molecular weight is 459 g/mol. The maximum Gasteiger partial charge on any atom is 0.271 e. The van der Waals surface area contributed by atoms with Gasteiger partial charge in [-0.1, -0.05) is 30.3 Å². The molecule has 6 nitrogen and oxygen atoms in total. The molecule has 0 aliphatic carbocycles. The fraction of sp³-hybridized carbons (Fsp3) is 0.154. The minimum Gasteiger partial charge on any atom is -0.497 e. The van der Waals surface area contributed by atoms with Gasteiger partial charge < -0.3 is 14.6 Å². The maximum atomic E-state index is 13.0. The molecule has 0 spiro atoms. The number of fused-ring (bicyclic) bond motifs is 2. The smallest absolute Gasteiger partial charge is 0.271 e. The van der Waals surface area contributed by atoms with E-state index < -0.39 is 6.10 Å². The number of methoxy groups -OCH3 is 1. The van der Waals surface area contributed by atoms with Crippen LogP contribution in [-0.4, -0.2) is 34.5 Å². The first-order chi connectivity index (χ1) is 16.1. The summed E-state index contributed by atoms with van der Waals surface area (Å²) in [7, 11) is 1.63. The molecule has 0 saturated carbocycles. The molecule has 5 rings (SSSR count). The monoisotopic (exact) mass is 458 g/mol. The molecule has 0 amide bonds. The molecular weight excluding hydrogens is 436 g/mol. The molecule has 1 atom stereocenters. The molecule has 7 heteroatoms. The lowest BCUT2D eigenvalue weighted by Gasteiger charge is -2.14. The van der Waals surface area contributed by atoms with E-state index in [2.05, 4.69) is 4.98 Å². The van der Waals surface area contributed by atoms with Crippen LogP contribution in [0.5, 0.6) is 11.5 Å². The van der Waals surface area contributed by atoms with Gasteiger partial charge in [0, 0.05) is 4.88 Å². The molecule has 0 bridgehead atoms. The number of benzene rings is 3. The van der Waals surface area contributed by atoms with E-state index in [1.807, 2.05) is 72.8 Å². The minimum atomic E-state index is -0.852. The number of nitrogens with zero attached hydrogens (tertiary/aromatic N) is 2. The zero-order valence-electron chi connectivity index (χ0n) is 18.0. The van der Waals surface area contributed by atoms with Crippen LogP contribution in [0.25, 0.3) is 31.4 Å². The predicted molar refractivity (Wildman–Crippen MR) is 131 cm³/mol. The molecule has 2 heterocycles. The van der Waals surface area contributed by atoms with Crippen LogP contribution in [0.4, 0.5) is 0 Å². The summed E-state index contributed by atoms with van der Waals surface area (Å²) in [5.74, 6) is 1.45. The van der Waals surface area contributed by atoms with Crippen LogP contribution >= 0.6 is 11.3 Å². The van der Waals surface area contributed by atoms with Gasteiger partial charge in [-0.15, -0.1) is 11.3 Å². The number of ether oxygens (including phenoxy) is 2. The molecule has 0 fully saturated rings. The number of aromatic nitrogens is 2. The van der Waals surface area contributed by atoms with Gasteiger partial charge in [-0.25, -0.2) is 4.98 Å². The van der Waals surface area contributed by atoms with Crippen LogP contribution in [-0.2, 0) is 6.54 Å². The lowest BCUT2D eigenvalue weighted by molar-refractivity contribution is 0.0915. The summed E-state index contributed by atoms with van der Waals surface area (Å²) < 4.78 is 13.0. The summed E-state index contributed by atoms with van der Waals surface area (Å²) >= 11 is 1.39. The maximum absolute atomic E-state index is 13.0. The first-order valence-corrected chi connectivity index (χ1v) is 11.4. The molecule has 0 aliphatic heterocycles. The Balaban J connectivity index is 1.30. The molecule has 5 aromatic rings. The quantitative estimate of drug-likeness (QED) is 0.382. The number of rotatable bonds is 7. The second kappa shape index (κ2) is 9.05. The highest BCUT2D eigenvalue weighted by Gasteiger charge is 2.14. The summed E-state index contributed by atoms with van der Waals surface area (Å²) in [5, 5.41) is 12.7. The van der Waals surface area contributed by atoms with Crippen molar-refractivity contribution in [1.82, 2.24) is 9.55 Å². The first kappa shape index (κ1) is 21.2. The Morgan fingerprint density at radius 1 is 1.00 bits per heavy atom. The van der Waals surface area contributed by atoms with Gasteiger partial charge in [0.1, 0.15) is 28.9 Å². The van der Waals surface area contributed by atoms with E-state index in [1.165, 1.54) is 22.2 Å². The minimum absolute atomic E-state index is 0.0738. The highest BCUT2D eigenvalue weighted by Crippen LogP contribution is 2.31. The number of aliphatic hydroxyl groups excluding tert-OH is 1. The van der Waals surface area contributed by atoms with Crippen molar-refractivity contribution >= 4 is 32.3 Å². The molecule has 166 valence electrons. The van der Waals surface area contributed by atoms with Crippen LogP contribution in [0.1, 0.15) is 0 Å². The molecule has 3 aromatic carbocycles. The largest absolute Gasteiger partial charge is 0.497 e. The van der Waals surface area contributed by atoms with Crippen LogP contribution in [0, 0.1) is 0 Å². The number of aliphatic hydroxyl groups is 1. The topological polar surface area (TPSA) is 73.6 Å². The number of hydrogen-bond acceptors (Lipinski definition) is 6. The highest BCUT2D eigenvalue weighted by atomic mass is 32.1. The first-order valence-electron chi connectivity index (χ1n) is 10.5. The van der Waals surface area contributed by atoms with Crippen molar-refractivity contribution in [3.8, 4) is 21.9 Å². The van der Waals surface area contributed by atoms with Gasteiger partial charge in [-0.3, -0.25) is 9.36 Å². The van der Waals surface area contributed by atoms with Crippen LogP contribution in [0.2, 0.25) is 0 Å². The van der Waals surface area contributed by atoms with Crippen LogP contribution in [0.15, 0.2) is 83.9 Å². The van der Waals surface area contributed by atoms with Gasteiger partial charge >= 0.3 is 0 Å². The summed E-state index contributed by atoms with van der Waals surface area (Å²) in [6.07, 6.45) is 0.628. The Bertz CT molecular complexity index is 1470. The van der Waals surface area contributed by atoms with Crippen molar-refractivity contribution < 1.29 is 14.6 Å². The zero-order chi connectivity index (χ0) is 22.8. The number of hydrogen-bond donors (Lipinski definition) is 1. The summed E-state index contributed by atoms with van der Waals surface area (Å²) in [5.41, 5.74) is 1.47. The van der Waals surface area contributed by atoms with Crippen molar-refractivity contribution in [2.75, 3.05) is 13.7 Å². The second-order valence-electron chi connectivity index (χ2n) is 7.73. The lowest BCUT2D eigenvalue weighted by Crippen LogP contribution is -2.30. The Hall–Kier alpha value is -3.68. The Morgan fingerprint density at radius 3 is 2.55 bits per heavy atom. The van der Waals surface area contributed by atoms with Gasteiger partial charge in [0.2, 0.25) is 0 Å². The van der Waals surface area contributed by atoms with Crippen molar-refractivity contribution in [3.05, 3.63) is 89.5 Å². The van der Waals surface area contributed by atoms with E-state index in [9.17, 15) is 9.90 Å². The van der Waals surface area contributed by atoms with E-state index in [0.717, 1.165) is 27.0 Å². The standard InChI is InChI=1S/C26H22N2O4S/c1-31-21-9-7-18(8-10-21)24-13-23-25(33-24)26(30)28(16-27-23)14-20(29)15-32-22-11-6-17-4-2-3-5-19(17)12-22/h2-13,16,20,29H,14-15H2,1H3. The van der Waals surface area contributed by atoms with Crippen LogP contribution in [0.3, 0.4) is 0 Å². The van der Waals surface area contributed by atoms with Crippen molar-refractivity contribution in [1.29, 1.82) is 0 Å². The Labute approximate surface area is 194 Å². The van der Waals surface area contributed by atoms with E-state index in [1.54, 1.807) is 7.11 Å². The molecular formula is C26H22N2O4S. The number of thiophene rings is 1. The van der Waals surface area contributed by atoms with E-state index in [4.69, 9.17) is 9.47 Å². The van der Waals surface area contributed by atoms with E-state index in [-0.39, 0.29) is 18.7 Å². The van der Waals surface area contributed by atoms with E-state index >= 15 is 0 Å². The molecule has 0 radical (unpaired) electrons. The third-order valence-electron chi connectivity index (χ3n) is 5.45. The van der Waals surface area contributed by atoms with E-state index in [0.29, 0.717) is 16.0 Å². The average Bonchev–Trinajstić information content (AvgIpc) is 3.30. The third kappa shape index (κ3) is 4.46. The zero-order valence-corrected chi connectivity index (χ0v) is 18.8. The molecule has 0 saturated heterocycles. The molecule has 0 aliphatic rings. The summed E-state index contributed by atoms with van der Waals surface area (Å²) in [4.78, 5) is 18.4. The highest BCUT2D eigenvalue weighted by molar-refractivity contribution is 7.22. The SMILES string of the molecule is COc1ccc(-c2cc3ncn(CC(O)COc4ccc5ccccc5c4)c(=O)c3s2)cc1. The second-order valence-corrected chi connectivity index (χ2v) is 8.78. The summed E-state index contributed by atoms with van der Waals surface area (Å²) in [6.45, 7) is 0.176. The normalized spacial score (nSPS) is 12.2. The van der Waals surface area contributed by atoms with Gasteiger partial charge in [0.15, 0.2) is 0 Å². The lowest BCUT2D eigenvalue weighted by atomic mass is 10.1. The van der Waals surface area contributed by atoms with Crippen molar-refractivity contribution in [3.63, 3.8) is 0 Å².